The van der Waals surface area contributed by atoms with Gasteiger partial charge in [0.25, 0.3) is 0 Å². The molecular weight excluding hydrogens is 264 g/mol. The molecule has 0 unspecified atom stereocenters. The van der Waals surface area contributed by atoms with E-state index in [0.717, 1.165) is 19.1 Å². The first-order valence-electron chi connectivity index (χ1n) is 5.86. The molecule has 1 aromatic rings. The van der Waals surface area contributed by atoms with Gasteiger partial charge < -0.3 is 4.74 Å². The second-order valence-electron chi connectivity index (χ2n) is 4.52. The maximum Gasteiger partial charge on any atom is 0.339 e. The van der Waals surface area contributed by atoms with Crippen molar-refractivity contribution in [2.75, 3.05) is 13.4 Å². The van der Waals surface area contributed by atoms with Gasteiger partial charge in [-0.25, -0.2) is 13.2 Å². The van der Waals surface area contributed by atoms with Crippen LogP contribution in [0, 0.1) is 17.8 Å². The number of carbonyl (C=O) groups excluding carboxylic acids is 1. The van der Waals surface area contributed by atoms with Crippen molar-refractivity contribution in [3.05, 3.63) is 29.3 Å². The molecule has 1 fully saturated rings. The van der Waals surface area contributed by atoms with Crippen LogP contribution in [0.4, 0.5) is 0 Å². The second-order valence-corrected chi connectivity index (χ2v) is 6.50. The summed E-state index contributed by atoms with van der Waals surface area (Å²) in [6.07, 6.45) is 3.27. The zero-order valence-corrected chi connectivity index (χ0v) is 11.6. The maximum atomic E-state index is 11.7. The van der Waals surface area contributed by atoms with Crippen molar-refractivity contribution in [3.8, 4) is 11.8 Å². The van der Waals surface area contributed by atoms with Crippen molar-refractivity contribution in [2.45, 2.75) is 17.7 Å². The van der Waals surface area contributed by atoms with Gasteiger partial charge in [0.15, 0.2) is 9.84 Å². The summed E-state index contributed by atoms with van der Waals surface area (Å²) >= 11 is 0. The van der Waals surface area contributed by atoms with E-state index in [1.807, 2.05) is 0 Å². The first-order chi connectivity index (χ1) is 8.91. The van der Waals surface area contributed by atoms with Crippen LogP contribution in [0.25, 0.3) is 0 Å². The highest BCUT2D eigenvalue weighted by atomic mass is 32.2. The fourth-order valence-electron chi connectivity index (χ4n) is 1.60. The summed E-state index contributed by atoms with van der Waals surface area (Å²) < 4.78 is 28.0. The number of benzene rings is 1. The number of ether oxygens (including phenoxy) is 1. The molecule has 100 valence electrons. The van der Waals surface area contributed by atoms with Crippen molar-refractivity contribution in [2.24, 2.45) is 5.92 Å². The molecule has 0 radical (unpaired) electrons. The number of methoxy groups -OCH3 is 1. The van der Waals surface area contributed by atoms with Crippen LogP contribution in [0.2, 0.25) is 0 Å². The first kappa shape index (κ1) is 13.6. The van der Waals surface area contributed by atoms with E-state index in [9.17, 15) is 13.2 Å². The van der Waals surface area contributed by atoms with Gasteiger partial charge in [-0.3, -0.25) is 0 Å². The van der Waals surface area contributed by atoms with Crippen LogP contribution in [-0.2, 0) is 14.6 Å². The van der Waals surface area contributed by atoms with Crippen molar-refractivity contribution >= 4 is 15.8 Å². The number of hydrogen-bond donors (Lipinski definition) is 0. The molecule has 1 aliphatic carbocycles. The Morgan fingerprint density at radius 1 is 1.37 bits per heavy atom. The van der Waals surface area contributed by atoms with Gasteiger partial charge in [0, 0.05) is 17.7 Å². The zero-order chi connectivity index (χ0) is 14.0. The third-order valence-electron chi connectivity index (χ3n) is 2.78. The van der Waals surface area contributed by atoms with Crippen LogP contribution in [-0.4, -0.2) is 27.8 Å². The summed E-state index contributed by atoms with van der Waals surface area (Å²) in [4.78, 5) is 11.5. The number of sulfone groups is 1. The average Bonchev–Trinajstić information content (AvgIpc) is 3.18. The van der Waals surface area contributed by atoms with E-state index in [2.05, 4.69) is 16.6 Å². The third-order valence-corrected chi connectivity index (χ3v) is 3.92. The van der Waals surface area contributed by atoms with Gasteiger partial charge in [0.05, 0.1) is 17.6 Å². The number of hydrogen-bond acceptors (Lipinski definition) is 4. The lowest BCUT2D eigenvalue weighted by Gasteiger charge is -2.06. The highest BCUT2D eigenvalue weighted by Crippen LogP contribution is 2.27. The maximum absolute atomic E-state index is 11.7. The molecule has 0 N–H and O–H groups in total. The van der Waals surface area contributed by atoms with E-state index >= 15 is 0 Å². The standard InChI is InChI=1S/C14H14O4S/c1-18-14(15)12-8-7-11(6-5-10-3-4-10)9-13(12)19(2,16)17/h7-10H,3-4H2,1-2H3. The van der Waals surface area contributed by atoms with Crippen molar-refractivity contribution in [3.63, 3.8) is 0 Å². The molecule has 0 saturated heterocycles. The van der Waals surface area contributed by atoms with Crippen molar-refractivity contribution in [1.29, 1.82) is 0 Å². The average molecular weight is 278 g/mol. The van der Waals surface area contributed by atoms with Gasteiger partial charge in [-0.05, 0) is 31.0 Å². The van der Waals surface area contributed by atoms with Crippen molar-refractivity contribution in [1.82, 2.24) is 0 Å². The van der Waals surface area contributed by atoms with Crippen LogP contribution in [0.1, 0.15) is 28.8 Å². The Balaban J connectivity index is 2.48. The van der Waals surface area contributed by atoms with E-state index in [-0.39, 0.29) is 10.5 Å². The highest BCUT2D eigenvalue weighted by Gasteiger charge is 2.20. The molecule has 0 aromatic heterocycles. The molecule has 1 aliphatic rings. The van der Waals surface area contributed by atoms with E-state index in [0.29, 0.717) is 11.5 Å². The molecule has 0 spiro atoms. The van der Waals surface area contributed by atoms with Gasteiger partial charge in [-0.15, -0.1) is 0 Å². The normalized spacial score (nSPS) is 14.4. The predicted molar refractivity (Wildman–Crippen MR) is 70.5 cm³/mol. The van der Waals surface area contributed by atoms with Crippen LogP contribution in [0.15, 0.2) is 23.1 Å². The molecule has 19 heavy (non-hydrogen) atoms. The lowest BCUT2D eigenvalue weighted by Crippen LogP contribution is -2.10. The van der Waals surface area contributed by atoms with Gasteiger partial charge in [0.2, 0.25) is 0 Å². The van der Waals surface area contributed by atoms with Gasteiger partial charge in [0.1, 0.15) is 0 Å². The molecule has 5 heteroatoms. The lowest BCUT2D eigenvalue weighted by molar-refractivity contribution is 0.0596. The first-order valence-corrected chi connectivity index (χ1v) is 7.75. The fourth-order valence-corrected chi connectivity index (χ4v) is 2.49. The Labute approximate surface area is 112 Å². The zero-order valence-electron chi connectivity index (χ0n) is 10.8. The number of carbonyl (C=O) groups is 1. The SMILES string of the molecule is COC(=O)c1ccc(C#CC2CC2)cc1S(C)(=O)=O. The minimum absolute atomic E-state index is 0.0399. The summed E-state index contributed by atoms with van der Waals surface area (Å²) in [6, 6.07) is 4.51. The Hall–Kier alpha value is -1.80. The molecule has 0 amide bonds. The molecule has 4 nitrogen and oxygen atoms in total. The molecule has 0 aliphatic heterocycles. The Kier molecular flexibility index (Phi) is 3.63. The topological polar surface area (TPSA) is 60.4 Å². The minimum Gasteiger partial charge on any atom is -0.465 e. The van der Waals surface area contributed by atoms with Crippen LogP contribution in [0.5, 0.6) is 0 Å². The smallest absolute Gasteiger partial charge is 0.339 e. The molecule has 0 heterocycles. The largest absolute Gasteiger partial charge is 0.465 e. The van der Waals surface area contributed by atoms with Crippen LogP contribution < -0.4 is 0 Å². The molecule has 2 rings (SSSR count). The quantitative estimate of drug-likeness (QED) is 0.609. The molecule has 0 atom stereocenters. The van der Waals surface area contributed by atoms with Crippen LogP contribution >= 0.6 is 0 Å². The molecule has 0 bridgehead atoms. The summed E-state index contributed by atoms with van der Waals surface area (Å²) in [5.74, 6) is 5.76. The molecule has 1 saturated carbocycles. The van der Waals surface area contributed by atoms with Gasteiger partial charge in [-0.1, -0.05) is 11.8 Å². The van der Waals surface area contributed by atoms with Gasteiger partial charge in [-0.2, -0.15) is 0 Å². The van der Waals surface area contributed by atoms with E-state index in [1.165, 1.54) is 19.2 Å². The Morgan fingerprint density at radius 3 is 2.58 bits per heavy atom. The van der Waals surface area contributed by atoms with E-state index < -0.39 is 15.8 Å². The Morgan fingerprint density at radius 2 is 2.05 bits per heavy atom. The summed E-state index contributed by atoms with van der Waals surface area (Å²) in [5, 5.41) is 0. The van der Waals surface area contributed by atoms with Crippen molar-refractivity contribution < 1.29 is 17.9 Å². The number of esters is 1. The second kappa shape index (κ2) is 5.06. The monoisotopic (exact) mass is 278 g/mol. The third kappa shape index (κ3) is 3.36. The summed E-state index contributed by atoms with van der Waals surface area (Å²) in [7, 11) is -2.29. The summed E-state index contributed by atoms with van der Waals surface area (Å²) in [5.41, 5.74) is 0.641. The summed E-state index contributed by atoms with van der Waals surface area (Å²) in [6.45, 7) is 0. The minimum atomic E-state index is -3.50. The van der Waals surface area contributed by atoms with Crippen LogP contribution in [0.3, 0.4) is 0 Å². The van der Waals surface area contributed by atoms with E-state index in [4.69, 9.17) is 0 Å². The Bertz CT molecular complexity index is 673. The lowest BCUT2D eigenvalue weighted by atomic mass is 10.1. The fraction of sp³-hybridized carbons (Fsp3) is 0.357. The highest BCUT2D eigenvalue weighted by molar-refractivity contribution is 7.90. The molecular formula is C14H14O4S. The predicted octanol–water partition coefficient (Wildman–Crippen LogP) is 1.64. The number of rotatable bonds is 2. The molecule has 1 aromatic carbocycles. The van der Waals surface area contributed by atoms with Gasteiger partial charge >= 0.3 is 5.97 Å². The van der Waals surface area contributed by atoms with E-state index in [1.54, 1.807) is 6.07 Å².